The molecule has 36 heavy (non-hydrogen) atoms. The summed E-state index contributed by atoms with van der Waals surface area (Å²) in [5.41, 5.74) is 2.09. The van der Waals surface area contributed by atoms with E-state index in [1.807, 2.05) is 48.5 Å². The number of methoxy groups -OCH3 is 1. The molecule has 0 unspecified atom stereocenters. The minimum Gasteiger partial charge on any atom is -0.493 e. The fourth-order valence-corrected chi connectivity index (χ4v) is 5.19. The molecule has 0 atom stereocenters. The molecule has 0 spiro atoms. The van der Waals surface area contributed by atoms with Crippen molar-refractivity contribution >= 4 is 46.0 Å². The molecular weight excluding hydrogens is 494 g/mol. The van der Waals surface area contributed by atoms with Gasteiger partial charge in [0.25, 0.3) is 11.5 Å². The van der Waals surface area contributed by atoms with Gasteiger partial charge in [0.05, 0.1) is 30.0 Å². The Labute approximate surface area is 220 Å². The highest BCUT2D eigenvalue weighted by Gasteiger charge is 2.37. The molecule has 2 aromatic carbocycles. The number of benzene rings is 2. The van der Waals surface area contributed by atoms with Crippen LogP contribution in [0.1, 0.15) is 31.5 Å². The maximum Gasteiger partial charge on any atom is 0.296 e. The van der Waals surface area contributed by atoms with Crippen molar-refractivity contribution in [1.29, 1.82) is 0 Å². The molecule has 9 heteroatoms. The van der Waals surface area contributed by atoms with Crippen molar-refractivity contribution < 1.29 is 14.3 Å². The first-order valence-corrected chi connectivity index (χ1v) is 12.9. The lowest BCUT2D eigenvalue weighted by Gasteiger charge is -2.13. The summed E-state index contributed by atoms with van der Waals surface area (Å²) in [5, 5.41) is 0. The van der Waals surface area contributed by atoms with Crippen molar-refractivity contribution in [2.45, 2.75) is 27.2 Å². The summed E-state index contributed by atoms with van der Waals surface area (Å²) in [5.74, 6) is 1.46. The molecule has 1 aliphatic rings. The molecule has 188 valence electrons. The zero-order chi connectivity index (χ0) is 26.0. The molecule has 1 saturated heterocycles. The van der Waals surface area contributed by atoms with Crippen LogP contribution in [0.15, 0.2) is 58.2 Å². The molecule has 4 rings (SSSR count). The number of carbonyl (C=O) groups excluding carboxylic acids is 1. The summed E-state index contributed by atoms with van der Waals surface area (Å²) < 4.78 is 15.0. The summed E-state index contributed by atoms with van der Waals surface area (Å²) in [7, 11) is 3.38. The Hall–Kier alpha value is -3.30. The SMILES string of the molecule is COc1cc(C=C2SC(=S)N(c3c(C)n(C)n(-c4ccccc4)c3=O)C2=O)ccc1OCCC(C)C. The normalized spacial score (nSPS) is 14.8. The minimum atomic E-state index is -0.327. The average Bonchev–Trinajstić information content (AvgIpc) is 3.24. The van der Waals surface area contributed by atoms with Crippen molar-refractivity contribution in [2.75, 3.05) is 18.6 Å². The van der Waals surface area contributed by atoms with Crippen LogP contribution >= 0.6 is 24.0 Å². The molecule has 1 aromatic heterocycles. The van der Waals surface area contributed by atoms with Crippen molar-refractivity contribution in [3.05, 3.63) is 75.0 Å². The Morgan fingerprint density at radius 1 is 1.08 bits per heavy atom. The number of carbonyl (C=O) groups is 1. The van der Waals surface area contributed by atoms with Gasteiger partial charge in [0, 0.05) is 7.05 Å². The number of thiocarbonyl (C=S) groups is 1. The Kier molecular flexibility index (Phi) is 7.70. The predicted octanol–water partition coefficient (Wildman–Crippen LogP) is 5.32. The number of hydrogen-bond donors (Lipinski definition) is 0. The third-order valence-corrected chi connectivity index (χ3v) is 7.28. The molecule has 0 N–H and O–H groups in total. The molecule has 3 aromatic rings. The number of nitrogens with zero attached hydrogens (tertiary/aromatic N) is 3. The second-order valence-electron chi connectivity index (χ2n) is 8.87. The topological polar surface area (TPSA) is 65.7 Å². The van der Waals surface area contributed by atoms with E-state index < -0.39 is 0 Å². The first kappa shape index (κ1) is 25.8. The number of anilines is 1. The first-order chi connectivity index (χ1) is 17.2. The third-order valence-electron chi connectivity index (χ3n) is 5.98. The largest absolute Gasteiger partial charge is 0.493 e. The first-order valence-electron chi connectivity index (χ1n) is 11.7. The number of ether oxygens (including phenoxy) is 2. The summed E-state index contributed by atoms with van der Waals surface area (Å²) in [6.45, 7) is 6.70. The highest BCUT2D eigenvalue weighted by atomic mass is 32.2. The van der Waals surface area contributed by atoms with Crippen LogP contribution in [0.5, 0.6) is 11.5 Å². The summed E-state index contributed by atoms with van der Waals surface area (Å²) in [6.07, 6.45) is 2.70. The van der Waals surface area contributed by atoms with Crippen LogP contribution in [0.3, 0.4) is 0 Å². The number of amides is 1. The number of para-hydroxylation sites is 1. The van der Waals surface area contributed by atoms with Crippen molar-refractivity contribution in [3.63, 3.8) is 0 Å². The predicted molar refractivity (Wildman–Crippen MR) is 149 cm³/mol. The van der Waals surface area contributed by atoms with Gasteiger partial charge in [0.2, 0.25) is 0 Å². The molecule has 1 fully saturated rings. The molecule has 1 aliphatic heterocycles. The van der Waals surface area contributed by atoms with Crippen LogP contribution in [0, 0.1) is 12.8 Å². The van der Waals surface area contributed by atoms with Gasteiger partial charge in [-0.05, 0) is 55.2 Å². The van der Waals surface area contributed by atoms with Gasteiger partial charge in [-0.25, -0.2) is 4.68 Å². The van der Waals surface area contributed by atoms with Crippen LogP contribution in [0.4, 0.5) is 5.69 Å². The summed E-state index contributed by atoms with van der Waals surface area (Å²) in [6, 6.07) is 14.8. The average molecular weight is 524 g/mol. The molecular formula is C27H29N3O4S2. The van der Waals surface area contributed by atoms with Gasteiger partial charge in [-0.1, -0.05) is 62.1 Å². The minimum absolute atomic E-state index is 0.263. The highest BCUT2D eigenvalue weighted by molar-refractivity contribution is 8.27. The number of rotatable bonds is 8. The van der Waals surface area contributed by atoms with E-state index in [1.165, 1.54) is 21.3 Å². The van der Waals surface area contributed by atoms with Crippen LogP contribution in [0.2, 0.25) is 0 Å². The lowest BCUT2D eigenvalue weighted by molar-refractivity contribution is -0.113. The van der Waals surface area contributed by atoms with E-state index in [9.17, 15) is 9.59 Å². The number of hydrogen-bond acceptors (Lipinski definition) is 6. The third kappa shape index (κ3) is 4.99. The molecule has 0 saturated carbocycles. The van der Waals surface area contributed by atoms with E-state index in [2.05, 4.69) is 13.8 Å². The Bertz CT molecular complexity index is 1390. The van der Waals surface area contributed by atoms with E-state index in [-0.39, 0.29) is 17.2 Å². The number of aromatic nitrogens is 2. The maximum atomic E-state index is 13.4. The second-order valence-corrected chi connectivity index (χ2v) is 10.5. The summed E-state index contributed by atoms with van der Waals surface area (Å²) in [4.78, 5) is 28.6. The second kappa shape index (κ2) is 10.8. The van der Waals surface area contributed by atoms with Crippen molar-refractivity contribution in [1.82, 2.24) is 9.36 Å². The van der Waals surface area contributed by atoms with Gasteiger partial charge in [0.15, 0.2) is 15.8 Å². The van der Waals surface area contributed by atoms with E-state index in [0.717, 1.165) is 12.0 Å². The zero-order valence-electron chi connectivity index (χ0n) is 21.0. The Balaban J connectivity index is 1.64. The van der Waals surface area contributed by atoms with Crippen LogP contribution in [0.25, 0.3) is 11.8 Å². The van der Waals surface area contributed by atoms with E-state index in [1.54, 1.807) is 31.8 Å². The van der Waals surface area contributed by atoms with Gasteiger partial charge in [-0.15, -0.1) is 0 Å². The maximum absolute atomic E-state index is 13.4. The highest BCUT2D eigenvalue weighted by Crippen LogP contribution is 2.37. The smallest absolute Gasteiger partial charge is 0.296 e. The van der Waals surface area contributed by atoms with E-state index in [4.69, 9.17) is 21.7 Å². The molecule has 2 heterocycles. The molecule has 1 amide bonds. The van der Waals surface area contributed by atoms with Gasteiger partial charge < -0.3 is 9.47 Å². The summed E-state index contributed by atoms with van der Waals surface area (Å²) >= 11 is 6.72. The standard InChI is InChI=1S/C27H29N3O4S2/c1-17(2)13-14-34-21-12-11-19(15-22(21)33-5)16-23-25(31)29(27(35)36-23)24-18(3)28(4)30(26(24)32)20-9-7-6-8-10-20/h6-12,15-17H,13-14H2,1-5H3. The van der Waals surface area contributed by atoms with Crippen LogP contribution in [-0.4, -0.2) is 33.3 Å². The Morgan fingerprint density at radius 3 is 2.47 bits per heavy atom. The van der Waals surface area contributed by atoms with Crippen molar-refractivity contribution in [3.8, 4) is 17.2 Å². The lowest BCUT2D eigenvalue weighted by Crippen LogP contribution is -2.33. The van der Waals surface area contributed by atoms with Crippen LogP contribution < -0.4 is 19.9 Å². The fraction of sp³-hybridized carbons (Fsp3) is 0.296. The molecule has 7 nitrogen and oxygen atoms in total. The van der Waals surface area contributed by atoms with Gasteiger partial charge >= 0.3 is 0 Å². The van der Waals surface area contributed by atoms with E-state index >= 15 is 0 Å². The van der Waals surface area contributed by atoms with Gasteiger partial charge in [0.1, 0.15) is 5.69 Å². The zero-order valence-corrected chi connectivity index (χ0v) is 22.6. The molecule has 0 aliphatic carbocycles. The van der Waals surface area contributed by atoms with Gasteiger partial charge in [-0.2, -0.15) is 0 Å². The molecule has 0 bridgehead atoms. The fourth-order valence-electron chi connectivity index (χ4n) is 3.92. The lowest BCUT2D eigenvalue weighted by atomic mass is 10.1. The number of thioether (sulfide) groups is 1. The van der Waals surface area contributed by atoms with Gasteiger partial charge in [-0.3, -0.25) is 19.2 Å². The van der Waals surface area contributed by atoms with Crippen molar-refractivity contribution in [2.24, 2.45) is 13.0 Å². The van der Waals surface area contributed by atoms with Crippen LogP contribution in [-0.2, 0) is 11.8 Å². The van der Waals surface area contributed by atoms with E-state index in [0.29, 0.717) is 44.6 Å². The molecule has 0 radical (unpaired) electrons. The quantitative estimate of drug-likeness (QED) is 0.294. The Morgan fingerprint density at radius 2 is 1.81 bits per heavy atom. The monoisotopic (exact) mass is 523 g/mol.